The van der Waals surface area contributed by atoms with Crippen molar-refractivity contribution in [3.8, 4) is 6.07 Å². The maximum Gasteiger partial charge on any atom is 0.235 e. The minimum Gasteiger partial charge on any atom is -0.387 e. The Morgan fingerprint density at radius 1 is 1.35 bits per heavy atom. The molecule has 1 aliphatic rings. The zero-order chi connectivity index (χ0) is 14.9. The SMILES string of the molecule is CC1(C)CC(=O)N(CC(O)c2ccc(C#N)cc2)C1=O. The van der Waals surface area contributed by atoms with Crippen molar-refractivity contribution < 1.29 is 14.7 Å². The number of aliphatic hydroxyl groups excluding tert-OH is 1. The van der Waals surface area contributed by atoms with E-state index in [1.165, 1.54) is 0 Å². The third-order valence-electron chi connectivity index (χ3n) is 3.50. The normalized spacial score (nSPS) is 19.0. The molecule has 2 amide bonds. The molecule has 0 spiro atoms. The molecule has 1 aliphatic heterocycles. The van der Waals surface area contributed by atoms with Crippen molar-refractivity contribution in [3.05, 3.63) is 35.4 Å². The lowest BCUT2D eigenvalue weighted by Gasteiger charge is -2.21. The number of likely N-dealkylation sites (tertiary alicyclic amines) is 1. The molecule has 2 rings (SSSR count). The van der Waals surface area contributed by atoms with Crippen molar-refractivity contribution in [1.29, 1.82) is 5.26 Å². The molecule has 1 saturated heterocycles. The van der Waals surface area contributed by atoms with Crippen molar-refractivity contribution in [3.63, 3.8) is 0 Å². The summed E-state index contributed by atoms with van der Waals surface area (Å²) < 4.78 is 0. The number of carbonyl (C=O) groups excluding carboxylic acids is 2. The smallest absolute Gasteiger partial charge is 0.235 e. The van der Waals surface area contributed by atoms with Gasteiger partial charge in [0.05, 0.1) is 29.7 Å². The van der Waals surface area contributed by atoms with Crippen LogP contribution in [0.1, 0.15) is 37.5 Å². The van der Waals surface area contributed by atoms with Gasteiger partial charge in [0.2, 0.25) is 11.8 Å². The number of hydrogen-bond donors (Lipinski definition) is 1. The number of hydrogen-bond acceptors (Lipinski definition) is 4. The van der Waals surface area contributed by atoms with Gasteiger partial charge in [-0.2, -0.15) is 5.26 Å². The maximum atomic E-state index is 12.1. The van der Waals surface area contributed by atoms with Gasteiger partial charge in [0.25, 0.3) is 0 Å². The summed E-state index contributed by atoms with van der Waals surface area (Å²) in [6.07, 6.45) is -0.768. The summed E-state index contributed by atoms with van der Waals surface area (Å²) >= 11 is 0. The van der Waals surface area contributed by atoms with Crippen LogP contribution in [0.3, 0.4) is 0 Å². The molecule has 1 fully saturated rings. The first-order valence-corrected chi connectivity index (χ1v) is 6.38. The summed E-state index contributed by atoms with van der Waals surface area (Å²) in [5.41, 5.74) is 0.381. The Morgan fingerprint density at radius 2 is 1.95 bits per heavy atom. The first kappa shape index (κ1) is 14.2. The largest absolute Gasteiger partial charge is 0.387 e. The minimum absolute atomic E-state index is 0.0486. The van der Waals surface area contributed by atoms with Crippen LogP contribution in [-0.2, 0) is 9.59 Å². The van der Waals surface area contributed by atoms with Crippen LogP contribution in [0.15, 0.2) is 24.3 Å². The third kappa shape index (κ3) is 2.56. The number of benzene rings is 1. The lowest BCUT2D eigenvalue weighted by Crippen LogP contribution is -2.36. The van der Waals surface area contributed by atoms with Crippen molar-refractivity contribution in [1.82, 2.24) is 4.90 Å². The van der Waals surface area contributed by atoms with Crippen LogP contribution in [0.2, 0.25) is 0 Å². The van der Waals surface area contributed by atoms with Crippen LogP contribution < -0.4 is 0 Å². The topological polar surface area (TPSA) is 81.4 Å². The molecule has 5 nitrogen and oxygen atoms in total. The van der Waals surface area contributed by atoms with Gasteiger partial charge in [-0.3, -0.25) is 14.5 Å². The standard InChI is InChI=1S/C15H16N2O3/c1-15(2)7-13(19)17(14(15)20)9-12(18)11-5-3-10(8-16)4-6-11/h3-6,12,18H,7,9H2,1-2H3. The molecule has 5 heteroatoms. The summed E-state index contributed by atoms with van der Waals surface area (Å²) in [5, 5.41) is 18.8. The maximum absolute atomic E-state index is 12.1. The molecule has 1 atom stereocenters. The van der Waals surface area contributed by atoms with Crippen molar-refractivity contribution >= 4 is 11.8 Å². The number of nitrogens with zero attached hydrogens (tertiary/aromatic N) is 2. The second-order valence-corrected chi connectivity index (χ2v) is 5.62. The number of aliphatic hydroxyl groups is 1. The van der Waals surface area contributed by atoms with E-state index in [-0.39, 0.29) is 24.8 Å². The quantitative estimate of drug-likeness (QED) is 0.843. The second-order valence-electron chi connectivity index (χ2n) is 5.62. The Hall–Kier alpha value is -2.19. The van der Waals surface area contributed by atoms with Crippen LogP contribution in [0.5, 0.6) is 0 Å². The molecule has 0 aromatic heterocycles. The molecule has 0 radical (unpaired) electrons. The first-order valence-electron chi connectivity index (χ1n) is 6.38. The molecular formula is C15H16N2O3. The highest BCUT2D eigenvalue weighted by molar-refractivity contribution is 6.05. The zero-order valence-corrected chi connectivity index (χ0v) is 11.5. The van der Waals surface area contributed by atoms with E-state index in [1.807, 2.05) is 6.07 Å². The Bertz CT molecular complexity index is 584. The molecule has 104 valence electrons. The predicted molar refractivity (Wildman–Crippen MR) is 71.2 cm³/mol. The average Bonchev–Trinajstić information content (AvgIpc) is 2.61. The highest BCUT2D eigenvalue weighted by Crippen LogP contribution is 2.32. The van der Waals surface area contributed by atoms with Gasteiger partial charge in [-0.05, 0) is 17.7 Å². The molecule has 0 bridgehead atoms. The number of imide groups is 1. The minimum atomic E-state index is -0.940. The summed E-state index contributed by atoms with van der Waals surface area (Å²) in [6.45, 7) is 3.40. The Labute approximate surface area is 117 Å². The van der Waals surface area contributed by atoms with Crippen LogP contribution >= 0.6 is 0 Å². The fourth-order valence-corrected chi connectivity index (χ4v) is 2.27. The Morgan fingerprint density at radius 3 is 2.40 bits per heavy atom. The number of rotatable bonds is 3. The van der Waals surface area contributed by atoms with Gasteiger partial charge in [-0.15, -0.1) is 0 Å². The molecule has 1 unspecified atom stereocenters. The lowest BCUT2D eigenvalue weighted by molar-refractivity contribution is -0.142. The molecule has 20 heavy (non-hydrogen) atoms. The fourth-order valence-electron chi connectivity index (χ4n) is 2.27. The monoisotopic (exact) mass is 272 g/mol. The van der Waals surface area contributed by atoms with E-state index in [1.54, 1.807) is 38.1 Å². The average molecular weight is 272 g/mol. The second kappa shape index (κ2) is 5.06. The van der Waals surface area contributed by atoms with Gasteiger partial charge in [-0.1, -0.05) is 26.0 Å². The van der Waals surface area contributed by atoms with Crippen LogP contribution in [0.25, 0.3) is 0 Å². The molecule has 1 heterocycles. The van der Waals surface area contributed by atoms with E-state index >= 15 is 0 Å². The van der Waals surface area contributed by atoms with E-state index in [0.29, 0.717) is 11.1 Å². The van der Waals surface area contributed by atoms with E-state index in [2.05, 4.69) is 0 Å². The summed E-state index contributed by atoms with van der Waals surface area (Å²) in [6, 6.07) is 8.43. The number of carbonyl (C=O) groups is 2. The van der Waals surface area contributed by atoms with Crippen molar-refractivity contribution in [2.45, 2.75) is 26.4 Å². The van der Waals surface area contributed by atoms with Gasteiger partial charge < -0.3 is 5.11 Å². The Kier molecular flexibility index (Phi) is 3.60. The van der Waals surface area contributed by atoms with Crippen molar-refractivity contribution in [2.75, 3.05) is 6.54 Å². The molecule has 1 aromatic carbocycles. The predicted octanol–water partition coefficient (Wildman–Crippen LogP) is 1.38. The molecule has 1 aromatic rings. The number of nitriles is 1. The lowest BCUT2D eigenvalue weighted by atomic mass is 9.92. The van der Waals surface area contributed by atoms with Gasteiger partial charge >= 0.3 is 0 Å². The van der Waals surface area contributed by atoms with E-state index < -0.39 is 11.5 Å². The van der Waals surface area contributed by atoms with E-state index in [0.717, 1.165) is 4.90 Å². The fraction of sp³-hybridized carbons (Fsp3) is 0.400. The van der Waals surface area contributed by atoms with Crippen LogP contribution in [0.4, 0.5) is 0 Å². The van der Waals surface area contributed by atoms with Gasteiger partial charge in [0, 0.05) is 6.42 Å². The van der Waals surface area contributed by atoms with Crippen LogP contribution in [-0.4, -0.2) is 28.4 Å². The van der Waals surface area contributed by atoms with Gasteiger partial charge in [-0.25, -0.2) is 0 Å². The Balaban J connectivity index is 2.12. The summed E-state index contributed by atoms with van der Waals surface area (Å²) in [7, 11) is 0. The van der Waals surface area contributed by atoms with Crippen molar-refractivity contribution in [2.24, 2.45) is 5.41 Å². The molecule has 1 N–H and O–H groups in total. The zero-order valence-electron chi connectivity index (χ0n) is 11.5. The summed E-state index contributed by atoms with van der Waals surface area (Å²) in [5.74, 6) is -0.511. The first-order chi connectivity index (χ1) is 9.35. The highest BCUT2D eigenvalue weighted by Gasteiger charge is 2.45. The third-order valence-corrected chi connectivity index (χ3v) is 3.50. The molecular weight excluding hydrogens is 256 g/mol. The van der Waals surface area contributed by atoms with E-state index in [4.69, 9.17) is 5.26 Å². The number of amides is 2. The highest BCUT2D eigenvalue weighted by atomic mass is 16.3. The number of β-amino-alcohol motifs (C(OH)–C–C–N with tert-alkyl or cyclic N) is 1. The molecule has 0 aliphatic carbocycles. The van der Waals surface area contributed by atoms with Crippen LogP contribution in [0, 0.1) is 16.7 Å². The van der Waals surface area contributed by atoms with Gasteiger partial charge in [0.15, 0.2) is 0 Å². The molecule has 0 saturated carbocycles. The van der Waals surface area contributed by atoms with Gasteiger partial charge in [0.1, 0.15) is 0 Å². The van der Waals surface area contributed by atoms with E-state index in [9.17, 15) is 14.7 Å². The summed E-state index contributed by atoms with van der Waals surface area (Å²) in [4.78, 5) is 25.0.